The summed E-state index contributed by atoms with van der Waals surface area (Å²) in [5.41, 5.74) is 5.65. The predicted octanol–water partition coefficient (Wildman–Crippen LogP) is 3.85. The second-order valence-corrected chi connectivity index (χ2v) is 8.10. The van der Waals surface area contributed by atoms with E-state index in [9.17, 15) is 14.9 Å². The zero-order chi connectivity index (χ0) is 21.9. The lowest BCUT2D eigenvalue weighted by Gasteiger charge is -2.45. The Morgan fingerprint density at radius 1 is 1.37 bits per heavy atom. The van der Waals surface area contributed by atoms with Crippen LogP contribution in [0.2, 0.25) is 0 Å². The molecule has 0 aromatic heterocycles. The average Bonchev–Trinajstić information content (AvgIpc) is 2.70. The van der Waals surface area contributed by atoms with Crippen molar-refractivity contribution in [2.75, 3.05) is 18.6 Å². The molecule has 0 aliphatic carbocycles. The smallest absolute Gasteiger partial charge is 0.310 e. The fourth-order valence-electron chi connectivity index (χ4n) is 3.76. The highest BCUT2D eigenvalue weighted by Crippen LogP contribution is 2.42. The molecule has 158 valence electrons. The van der Waals surface area contributed by atoms with Crippen LogP contribution in [0.3, 0.4) is 0 Å². The molecule has 8 heteroatoms. The van der Waals surface area contributed by atoms with E-state index in [0.29, 0.717) is 5.92 Å². The zero-order valence-corrected chi connectivity index (χ0v) is 17.6. The summed E-state index contributed by atoms with van der Waals surface area (Å²) in [5.74, 6) is -0.0428. The lowest BCUT2D eigenvalue weighted by atomic mass is 9.80. The molecule has 30 heavy (non-hydrogen) atoms. The van der Waals surface area contributed by atoms with Gasteiger partial charge in [-0.2, -0.15) is 5.10 Å². The Bertz CT molecular complexity index is 987. The second kappa shape index (κ2) is 8.52. The molecule has 2 aromatic carbocycles. The first-order valence-electron chi connectivity index (χ1n) is 9.75. The lowest BCUT2D eigenvalue weighted by Crippen LogP contribution is -2.45. The molecule has 3 rings (SSSR count). The Balaban J connectivity index is 1.60. The minimum absolute atomic E-state index is 0.0392. The van der Waals surface area contributed by atoms with Crippen LogP contribution in [0.25, 0.3) is 0 Å². The van der Waals surface area contributed by atoms with Crippen LogP contribution in [-0.4, -0.2) is 36.2 Å². The van der Waals surface area contributed by atoms with Crippen LogP contribution in [0.5, 0.6) is 5.75 Å². The molecule has 1 heterocycles. The molecule has 1 atom stereocenters. The van der Waals surface area contributed by atoms with E-state index in [1.54, 1.807) is 12.3 Å². The number of carbonyl (C=O) groups is 1. The molecule has 8 nitrogen and oxygen atoms in total. The van der Waals surface area contributed by atoms with Gasteiger partial charge in [0.1, 0.15) is 0 Å². The molecule has 1 amide bonds. The van der Waals surface area contributed by atoms with Gasteiger partial charge in [0.25, 0.3) is 5.91 Å². The van der Waals surface area contributed by atoms with Gasteiger partial charge in [0.2, 0.25) is 0 Å². The van der Waals surface area contributed by atoms with Crippen LogP contribution in [-0.2, 0) is 4.79 Å². The third kappa shape index (κ3) is 4.59. The molecule has 0 saturated carbocycles. The van der Waals surface area contributed by atoms with Crippen molar-refractivity contribution in [2.45, 2.75) is 38.6 Å². The van der Waals surface area contributed by atoms with Crippen molar-refractivity contribution in [1.82, 2.24) is 5.43 Å². The summed E-state index contributed by atoms with van der Waals surface area (Å²) in [4.78, 5) is 24.7. The first kappa shape index (κ1) is 21.3. The molecule has 0 unspecified atom stereocenters. The van der Waals surface area contributed by atoms with Crippen LogP contribution in [0.15, 0.2) is 47.6 Å². The number of hydrogen-bond acceptors (Lipinski definition) is 6. The van der Waals surface area contributed by atoms with Gasteiger partial charge in [0.15, 0.2) is 12.4 Å². The third-order valence-electron chi connectivity index (χ3n) is 5.48. The summed E-state index contributed by atoms with van der Waals surface area (Å²) >= 11 is 0. The molecule has 1 aliphatic rings. The van der Waals surface area contributed by atoms with Gasteiger partial charge in [-0.25, -0.2) is 5.43 Å². The SMILES string of the molecule is C[C@H]1CC(C)(C)N(C)c2ccc(/C=N/NC(=O)COc3ccccc3[N+](=O)[O-])cc21. The van der Waals surface area contributed by atoms with E-state index in [4.69, 9.17) is 4.74 Å². The number of ether oxygens (including phenoxy) is 1. The number of carbonyl (C=O) groups excluding carboxylic acids is 1. The minimum Gasteiger partial charge on any atom is -0.477 e. The molecule has 2 aromatic rings. The molecular weight excluding hydrogens is 384 g/mol. The Hall–Kier alpha value is -3.42. The van der Waals surface area contributed by atoms with E-state index in [-0.39, 0.29) is 23.6 Å². The number of benzene rings is 2. The topological polar surface area (TPSA) is 97.1 Å². The summed E-state index contributed by atoms with van der Waals surface area (Å²) in [6, 6.07) is 12.0. The molecule has 0 spiro atoms. The number of anilines is 1. The van der Waals surface area contributed by atoms with E-state index in [1.807, 2.05) is 6.07 Å². The number of nitro benzene ring substituents is 1. The van der Waals surface area contributed by atoms with Crippen molar-refractivity contribution < 1.29 is 14.5 Å². The van der Waals surface area contributed by atoms with Crippen LogP contribution < -0.4 is 15.1 Å². The molecule has 1 N–H and O–H groups in total. The Morgan fingerprint density at radius 3 is 2.83 bits per heavy atom. The third-order valence-corrected chi connectivity index (χ3v) is 5.48. The first-order valence-corrected chi connectivity index (χ1v) is 9.75. The molecular formula is C22H26N4O4. The fraction of sp³-hybridized carbons (Fsp3) is 0.364. The van der Waals surface area contributed by atoms with Gasteiger partial charge in [0, 0.05) is 24.3 Å². The van der Waals surface area contributed by atoms with Gasteiger partial charge in [0.05, 0.1) is 11.1 Å². The van der Waals surface area contributed by atoms with E-state index in [0.717, 1.165) is 12.0 Å². The Labute approximate surface area is 175 Å². The molecule has 0 saturated heterocycles. The molecule has 0 radical (unpaired) electrons. The van der Waals surface area contributed by atoms with Crippen LogP contribution in [0, 0.1) is 10.1 Å². The van der Waals surface area contributed by atoms with Crippen LogP contribution >= 0.6 is 0 Å². The highest BCUT2D eigenvalue weighted by molar-refractivity contribution is 5.84. The maximum absolute atomic E-state index is 12.0. The summed E-state index contributed by atoms with van der Waals surface area (Å²) in [5, 5.41) is 15.0. The monoisotopic (exact) mass is 410 g/mol. The second-order valence-electron chi connectivity index (χ2n) is 8.10. The predicted molar refractivity (Wildman–Crippen MR) is 116 cm³/mol. The summed E-state index contributed by atoms with van der Waals surface area (Å²) in [6.45, 7) is 6.33. The average molecular weight is 410 g/mol. The zero-order valence-electron chi connectivity index (χ0n) is 17.6. The number of nitrogens with zero attached hydrogens (tertiary/aromatic N) is 3. The van der Waals surface area contributed by atoms with Crippen molar-refractivity contribution >= 4 is 23.5 Å². The normalized spacial score (nSPS) is 17.5. The molecule has 1 aliphatic heterocycles. The maximum atomic E-state index is 12.0. The van der Waals surface area contributed by atoms with E-state index in [2.05, 4.69) is 55.4 Å². The lowest BCUT2D eigenvalue weighted by molar-refractivity contribution is -0.385. The van der Waals surface area contributed by atoms with Gasteiger partial charge in [-0.1, -0.05) is 25.1 Å². The van der Waals surface area contributed by atoms with Crippen molar-refractivity contribution in [3.63, 3.8) is 0 Å². The fourth-order valence-corrected chi connectivity index (χ4v) is 3.76. The number of para-hydroxylation sites is 2. The number of nitrogens with one attached hydrogen (secondary N) is 1. The number of rotatable bonds is 6. The summed E-state index contributed by atoms with van der Waals surface area (Å²) in [7, 11) is 2.11. The largest absolute Gasteiger partial charge is 0.477 e. The summed E-state index contributed by atoms with van der Waals surface area (Å²) < 4.78 is 5.25. The number of fused-ring (bicyclic) bond motifs is 1. The van der Waals surface area contributed by atoms with E-state index in [1.165, 1.54) is 29.4 Å². The van der Waals surface area contributed by atoms with Gasteiger partial charge in [-0.3, -0.25) is 14.9 Å². The van der Waals surface area contributed by atoms with Crippen LogP contribution in [0.4, 0.5) is 11.4 Å². The van der Waals surface area contributed by atoms with Crippen molar-refractivity contribution in [3.05, 3.63) is 63.7 Å². The first-order chi connectivity index (χ1) is 14.2. The Morgan fingerprint density at radius 2 is 2.10 bits per heavy atom. The van der Waals surface area contributed by atoms with Gasteiger partial charge >= 0.3 is 5.69 Å². The number of hydrogen-bond donors (Lipinski definition) is 1. The highest BCUT2D eigenvalue weighted by Gasteiger charge is 2.33. The standard InChI is InChI=1S/C22H26N4O4/c1-15-12-22(2,3)25(4)18-10-9-16(11-17(15)18)13-23-24-21(27)14-30-20-8-6-5-7-19(20)26(28)29/h5-11,13,15H,12,14H2,1-4H3,(H,24,27)/b23-13+/t15-/m0/s1. The van der Waals surface area contributed by atoms with Gasteiger partial charge < -0.3 is 9.64 Å². The van der Waals surface area contributed by atoms with E-state index >= 15 is 0 Å². The van der Waals surface area contributed by atoms with Gasteiger partial charge in [-0.15, -0.1) is 0 Å². The maximum Gasteiger partial charge on any atom is 0.310 e. The number of amides is 1. The van der Waals surface area contributed by atoms with Crippen molar-refractivity contribution in [1.29, 1.82) is 0 Å². The highest BCUT2D eigenvalue weighted by atomic mass is 16.6. The molecule has 0 bridgehead atoms. The number of nitro groups is 1. The van der Waals surface area contributed by atoms with E-state index < -0.39 is 10.8 Å². The molecule has 0 fully saturated rings. The number of hydrazone groups is 1. The van der Waals surface area contributed by atoms with Crippen molar-refractivity contribution in [3.8, 4) is 5.75 Å². The van der Waals surface area contributed by atoms with Crippen molar-refractivity contribution in [2.24, 2.45) is 5.10 Å². The summed E-state index contributed by atoms with van der Waals surface area (Å²) in [6.07, 6.45) is 2.63. The van der Waals surface area contributed by atoms with Gasteiger partial charge in [-0.05, 0) is 55.5 Å². The van der Waals surface area contributed by atoms with Crippen LogP contribution in [0.1, 0.15) is 44.2 Å². The minimum atomic E-state index is -0.555. The Kier molecular flexibility index (Phi) is 6.05. The quantitative estimate of drug-likeness (QED) is 0.443.